The first-order valence-electron chi connectivity index (χ1n) is 14.9. The first-order valence-corrected chi connectivity index (χ1v) is 14.9. The number of halogens is 2. The molecule has 4 aromatic rings. The maximum Gasteiger partial charge on any atom is 0.337 e. The molecule has 2 heterocycles. The molecule has 266 valence electrons. The molecule has 4 N–H and O–H groups in total. The van der Waals surface area contributed by atoms with Crippen molar-refractivity contribution in [2.75, 3.05) is 0 Å². The van der Waals surface area contributed by atoms with E-state index in [1.807, 2.05) is 65.6 Å². The molecule has 0 saturated carbocycles. The van der Waals surface area contributed by atoms with Crippen molar-refractivity contribution in [2.24, 2.45) is 0 Å². The molecular formula is C36H44F2N2O9. The Morgan fingerprint density at radius 2 is 1.47 bits per heavy atom. The number of carboxylic acids is 1. The van der Waals surface area contributed by atoms with Crippen molar-refractivity contribution in [2.45, 2.75) is 72.0 Å². The predicted molar refractivity (Wildman–Crippen MR) is 184 cm³/mol. The zero-order valence-corrected chi connectivity index (χ0v) is 26.4. The monoisotopic (exact) mass is 686 g/mol. The minimum atomic E-state index is -2.44. The molecule has 0 radical (unpaired) electrons. The quantitative estimate of drug-likeness (QED) is 0.0927. The van der Waals surface area contributed by atoms with Crippen LogP contribution < -0.4 is 16.9 Å². The fourth-order valence-electron chi connectivity index (χ4n) is 3.66. The van der Waals surface area contributed by atoms with Gasteiger partial charge in [0.1, 0.15) is 12.0 Å². The lowest BCUT2D eigenvalue weighted by atomic mass is 10.1. The summed E-state index contributed by atoms with van der Waals surface area (Å²) < 4.78 is 33.9. The van der Waals surface area contributed by atoms with Crippen molar-refractivity contribution in [1.29, 1.82) is 0 Å². The number of aliphatic hydroxyl groups excluding tert-OH is 1. The van der Waals surface area contributed by atoms with Crippen molar-refractivity contribution in [3.63, 3.8) is 0 Å². The van der Waals surface area contributed by atoms with Gasteiger partial charge in [0.05, 0.1) is 6.61 Å². The van der Waals surface area contributed by atoms with Gasteiger partial charge in [-0.1, -0.05) is 80.2 Å². The van der Waals surface area contributed by atoms with Crippen LogP contribution in [0.25, 0.3) is 11.1 Å². The summed E-state index contributed by atoms with van der Waals surface area (Å²) in [4.78, 5) is 59.0. The van der Waals surface area contributed by atoms with Crippen LogP contribution in [0.3, 0.4) is 0 Å². The molecular weight excluding hydrogens is 642 g/mol. The summed E-state index contributed by atoms with van der Waals surface area (Å²) in [5.41, 5.74) is -0.245. The molecule has 0 spiro atoms. The number of ether oxygens (including phenoxy) is 1. The Balaban J connectivity index is 0.000000674. The minimum Gasteiger partial charge on any atom is -0.481 e. The summed E-state index contributed by atoms with van der Waals surface area (Å²) in [7, 11) is 0. The Bertz CT molecular complexity index is 1710. The van der Waals surface area contributed by atoms with Gasteiger partial charge < -0.3 is 19.4 Å². The van der Waals surface area contributed by atoms with Gasteiger partial charge in [0.25, 0.3) is 5.56 Å². The lowest BCUT2D eigenvalue weighted by Crippen LogP contribution is -2.24. The topological polar surface area (TPSA) is 180 Å². The van der Waals surface area contributed by atoms with Crippen molar-refractivity contribution >= 4 is 23.0 Å². The van der Waals surface area contributed by atoms with Gasteiger partial charge in [0.2, 0.25) is 12.1 Å². The summed E-state index contributed by atoms with van der Waals surface area (Å²) in [5, 5.41) is 16.5. The highest BCUT2D eigenvalue weighted by atomic mass is 19.3. The van der Waals surface area contributed by atoms with Crippen LogP contribution in [0.15, 0.2) is 111 Å². The predicted octanol–water partition coefficient (Wildman–Crippen LogP) is 6.31. The highest BCUT2D eigenvalue weighted by Crippen LogP contribution is 2.14. The number of rotatable bonds is 13. The maximum atomic E-state index is 12.1. The van der Waals surface area contributed by atoms with E-state index in [2.05, 4.69) is 18.1 Å². The number of benzene rings is 2. The van der Waals surface area contributed by atoms with Gasteiger partial charge in [-0.15, -0.1) is 13.2 Å². The molecule has 0 bridgehead atoms. The van der Waals surface area contributed by atoms with Crippen LogP contribution in [-0.2, 0) is 34.0 Å². The second-order valence-corrected chi connectivity index (χ2v) is 9.82. The smallest absolute Gasteiger partial charge is 0.337 e. The van der Waals surface area contributed by atoms with Gasteiger partial charge in [-0.2, -0.15) is 0 Å². The fourth-order valence-corrected chi connectivity index (χ4v) is 3.66. The summed E-state index contributed by atoms with van der Waals surface area (Å²) in [6, 6.07) is 20.2. The number of carboxylic acid groups (broad SMARTS) is 1. The maximum absolute atomic E-state index is 12.1. The van der Waals surface area contributed by atoms with Crippen LogP contribution in [0.1, 0.15) is 62.6 Å². The molecule has 0 atom stereocenters. The number of alkyl halides is 2. The third-order valence-corrected chi connectivity index (χ3v) is 5.98. The molecule has 4 rings (SSSR count). The van der Waals surface area contributed by atoms with Gasteiger partial charge in [0, 0.05) is 25.3 Å². The van der Waals surface area contributed by atoms with Crippen LogP contribution in [0.5, 0.6) is 0 Å². The summed E-state index contributed by atoms with van der Waals surface area (Å²) in [6.07, 6.45) is 2.63. The normalized spacial score (nSPS) is 9.71. The number of carbonyl (C=O) groups excluding carboxylic acids is 1. The van der Waals surface area contributed by atoms with Gasteiger partial charge in [-0.3, -0.25) is 24.4 Å². The van der Waals surface area contributed by atoms with Crippen LogP contribution in [-0.4, -0.2) is 38.5 Å². The fraction of sp³-hybridized carbons (Fsp3) is 0.306. The Morgan fingerprint density at radius 1 is 0.898 bits per heavy atom. The number of fused-ring (bicyclic) bond motifs is 1. The van der Waals surface area contributed by atoms with E-state index in [-0.39, 0.29) is 62.3 Å². The van der Waals surface area contributed by atoms with E-state index in [0.717, 1.165) is 17.2 Å². The minimum absolute atomic E-state index is 0. The van der Waals surface area contributed by atoms with Gasteiger partial charge in [-0.25, -0.2) is 18.4 Å². The number of aliphatic hydroxyl groups is 1. The van der Waals surface area contributed by atoms with Crippen LogP contribution >= 0.6 is 0 Å². The van der Waals surface area contributed by atoms with Crippen LogP contribution in [0.2, 0.25) is 0 Å². The molecule has 49 heavy (non-hydrogen) atoms. The number of aromatic nitrogens is 2. The number of H-pyrrole nitrogens is 2. The molecule has 11 nitrogen and oxygen atoms in total. The Labute approximate surface area is 282 Å². The number of carbonyl (C=O) groups is 2. The summed E-state index contributed by atoms with van der Waals surface area (Å²) in [5.74, 6) is -0.936. The van der Waals surface area contributed by atoms with E-state index in [9.17, 15) is 32.8 Å². The highest BCUT2D eigenvalue weighted by Gasteiger charge is 2.12. The molecule has 0 aliphatic rings. The van der Waals surface area contributed by atoms with Crippen molar-refractivity contribution in [3.8, 4) is 0 Å². The second kappa shape index (κ2) is 25.6. The Kier molecular flexibility index (Phi) is 22.8. The SMILES string of the molecule is C.C=CCCC(=O)O.C=CCCC(=O)OCc1ccccc1.O=c1[nH]c(=O)c2c(CCCC(F)F)cc(=O)oc2[nH]1.OCc1ccccc1. The van der Waals surface area contributed by atoms with E-state index in [1.54, 1.807) is 12.2 Å². The zero-order chi connectivity index (χ0) is 35.7. The van der Waals surface area contributed by atoms with Crippen LogP contribution in [0.4, 0.5) is 8.78 Å². The third kappa shape index (κ3) is 19.7. The van der Waals surface area contributed by atoms with E-state index in [0.29, 0.717) is 25.9 Å². The summed E-state index contributed by atoms with van der Waals surface area (Å²) in [6.45, 7) is 7.41. The first kappa shape index (κ1) is 43.6. The lowest BCUT2D eigenvalue weighted by molar-refractivity contribution is -0.144. The molecule has 0 unspecified atom stereocenters. The molecule has 2 aromatic carbocycles. The number of aliphatic carboxylic acids is 1. The molecule has 0 amide bonds. The first-order chi connectivity index (χ1) is 23.0. The van der Waals surface area contributed by atoms with Crippen LogP contribution in [0, 0.1) is 0 Å². The molecule has 0 saturated heterocycles. The van der Waals surface area contributed by atoms with E-state index in [1.165, 1.54) is 0 Å². The zero-order valence-electron chi connectivity index (χ0n) is 26.4. The van der Waals surface area contributed by atoms with E-state index >= 15 is 0 Å². The molecule has 0 aliphatic carbocycles. The molecule has 0 fully saturated rings. The number of aromatic amines is 2. The molecule has 2 aromatic heterocycles. The average Bonchev–Trinajstić information content (AvgIpc) is 3.06. The van der Waals surface area contributed by atoms with Crippen molar-refractivity contribution in [1.82, 2.24) is 9.97 Å². The Hall–Kier alpha value is -5.43. The molecule has 13 heteroatoms. The second-order valence-electron chi connectivity index (χ2n) is 9.82. The number of allylic oxidation sites excluding steroid dienone is 2. The van der Waals surface area contributed by atoms with E-state index in [4.69, 9.17) is 19.4 Å². The third-order valence-electron chi connectivity index (χ3n) is 5.98. The highest BCUT2D eigenvalue weighted by molar-refractivity contribution is 5.75. The number of hydrogen-bond donors (Lipinski definition) is 4. The molecule has 0 aliphatic heterocycles. The lowest BCUT2D eigenvalue weighted by Gasteiger charge is -2.03. The number of hydrogen-bond acceptors (Lipinski definition) is 8. The number of esters is 1. The van der Waals surface area contributed by atoms with Crippen molar-refractivity contribution < 1.29 is 37.7 Å². The Morgan fingerprint density at radius 3 is 1.96 bits per heavy atom. The largest absolute Gasteiger partial charge is 0.481 e. The standard InChI is InChI=1S/C12H14O2.C11H10F2N2O4.C7H8O.C5H8O2.CH4/c1-2-3-9-12(13)14-10-11-7-5-4-6-8-11;12-6(13)3-1-2-5-4-7(16)19-10-8(5)9(17)14-11(18)15-10;8-6-7-4-2-1-3-5-7;1-2-3-4-5(6)7;/h2,4-8H,1,3,9-10H2;4,6H,1-3H2,(H2,14,15,17,18);1-5,8H,6H2;2H,1,3-4H2,(H,6,7);1H4. The van der Waals surface area contributed by atoms with Gasteiger partial charge in [-0.05, 0) is 42.4 Å². The average molecular weight is 687 g/mol. The number of aryl methyl sites for hydroxylation is 1. The van der Waals surface area contributed by atoms with E-state index < -0.39 is 29.3 Å². The van der Waals surface area contributed by atoms with Gasteiger partial charge in [0.15, 0.2) is 0 Å². The summed E-state index contributed by atoms with van der Waals surface area (Å²) >= 11 is 0. The number of nitrogens with one attached hydrogen (secondary N) is 2. The van der Waals surface area contributed by atoms with Gasteiger partial charge >= 0.3 is 23.3 Å². The van der Waals surface area contributed by atoms with Crippen molar-refractivity contribution in [3.05, 3.63) is 140 Å².